The Labute approximate surface area is 60.4 Å². The van der Waals surface area contributed by atoms with Crippen LogP contribution >= 0.6 is 0 Å². The Hall–Kier alpha value is -0.0400. The minimum atomic E-state index is 0.138. The zero-order valence-electron chi connectivity index (χ0n) is 5.90. The molecule has 54 valence electrons. The van der Waals surface area contributed by atoms with E-state index in [1.807, 2.05) is 0 Å². The van der Waals surface area contributed by atoms with Crippen molar-refractivity contribution in [1.29, 1.82) is 0 Å². The van der Waals surface area contributed by atoms with Crippen LogP contribution in [-0.2, 0) is 0 Å². The quantitative estimate of drug-likeness (QED) is 0.524. The number of hydrogen-bond acceptors (Lipinski definition) is 1. The maximum atomic E-state index is 9.73. The van der Waals surface area contributed by atoms with Crippen LogP contribution in [0, 0.1) is 35.5 Å². The maximum absolute atomic E-state index is 9.73. The third kappa shape index (κ3) is 0.268. The van der Waals surface area contributed by atoms with Gasteiger partial charge >= 0.3 is 0 Å². The van der Waals surface area contributed by atoms with Crippen LogP contribution in [0.25, 0.3) is 0 Å². The van der Waals surface area contributed by atoms with Gasteiger partial charge in [-0.1, -0.05) is 0 Å². The summed E-state index contributed by atoms with van der Waals surface area (Å²) in [5, 5.41) is 9.73. The van der Waals surface area contributed by atoms with Gasteiger partial charge in [-0.3, -0.25) is 0 Å². The Morgan fingerprint density at radius 2 is 1.70 bits per heavy atom. The fourth-order valence-electron chi connectivity index (χ4n) is 4.62. The van der Waals surface area contributed by atoms with E-state index in [0.717, 1.165) is 35.5 Å². The first-order valence-corrected chi connectivity index (χ1v) is 4.56. The molecule has 0 aromatic heterocycles. The van der Waals surface area contributed by atoms with E-state index in [4.69, 9.17) is 0 Å². The molecule has 4 aliphatic rings. The van der Waals surface area contributed by atoms with Crippen LogP contribution in [-0.4, -0.2) is 11.2 Å². The van der Waals surface area contributed by atoms with Gasteiger partial charge in [-0.2, -0.15) is 0 Å². The molecule has 0 heterocycles. The second kappa shape index (κ2) is 1.08. The lowest BCUT2D eigenvalue weighted by molar-refractivity contribution is 0.0643. The highest BCUT2D eigenvalue weighted by Gasteiger charge is 2.76. The van der Waals surface area contributed by atoms with Crippen molar-refractivity contribution in [1.82, 2.24) is 0 Å². The first kappa shape index (κ1) is 4.76. The van der Waals surface area contributed by atoms with E-state index >= 15 is 0 Å². The molecule has 4 rings (SSSR count). The normalized spacial score (nSPS) is 80.7. The average molecular weight is 136 g/mol. The summed E-state index contributed by atoms with van der Waals surface area (Å²) in [5.41, 5.74) is 0. The molecule has 0 aromatic rings. The van der Waals surface area contributed by atoms with Crippen molar-refractivity contribution in [3.8, 4) is 0 Å². The molecule has 4 fully saturated rings. The lowest BCUT2D eigenvalue weighted by atomic mass is 9.84. The van der Waals surface area contributed by atoms with Crippen molar-refractivity contribution >= 4 is 0 Å². The van der Waals surface area contributed by atoms with Crippen molar-refractivity contribution in [2.45, 2.75) is 18.9 Å². The van der Waals surface area contributed by atoms with Gasteiger partial charge in [0.1, 0.15) is 0 Å². The molecule has 4 aliphatic carbocycles. The molecule has 0 aromatic carbocycles. The summed E-state index contributed by atoms with van der Waals surface area (Å²) >= 11 is 0. The van der Waals surface area contributed by atoms with E-state index in [-0.39, 0.29) is 6.10 Å². The Kier molecular flexibility index (Phi) is 0.513. The monoisotopic (exact) mass is 136 g/mol. The summed E-state index contributed by atoms with van der Waals surface area (Å²) in [4.78, 5) is 0. The molecule has 1 heteroatoms. The molecule has 0 amide bonds. The van der Waals surface area contributed by atoms with Crippen molar-refractivity contribution in [3.05, 3.63) is 0 Å². The van der Waals surface area contributed by atoms with Gasteiger partial charge in [0.2, 0.25) is 0 Å². The SMILES string of the molecule is OC1[C@@H]2C3C2[C@@H]2C[C@H]3C[C@H]12. The highest BCUT2D eigenvalue weighted by molar-refractivity contribution is 5.24. The van der Waals surface area contributed by atoms with Crippen LogP contribution < -0.4 is 0 Å². The van der Waals surface area contributed by atoms with E-state index in [1.54, 1.807) is 0 Å². The largest absolute Gasteiger partial charge is 0.393 e. The van der Waals surface area contributed by atoms with E-state index < -0.39 is 0 Å². The minimum absolute atomic E-state index is 0.138. The second-order valence-electron chi connectivity index (χ2n) is 4.78. The predicted molar refractivity (Wildman–Crippen MR) is 36.2 cm³/mol. The summed E-state index contributed by atoms with van der Waals surface area (Å²) in [7, 11) is 0. The van der Waals surface area contributed by atoms with Crippen LogP contribution in [0.4, 0.5) is 0 Å². The molecule has 4 saturated carbocycles. The Morgan fingerprint density at radius 3 is 2.20 bits per heavy atom. The lowest BCUT2D eigenvalue weighted by Gasteiger charge is -2.25. The first-order chi connectivity index (χ1) is 4.88. The summed E-state index contributed by atoms with van der Waals surface area (Å²) < 4.78 is 0. The summed E-state index contributed by atoms with van der Waals surface area (Å²) in [6, 6.07) is 0. The van der Waals surface area contributed by atoms with Crippen LogP contribution in [0.2, 0.25) is 0 Å². The molecule has 0 spiro atoms. The minimum Gasteiger partial charge on any atom is -0.393 e. The summed E-state index contributed by atoms with van der Waals surface area (Å²) in [6.07, 6.45) is 3.00. The van der Waals surface area contributed by atoms with Gasteiger partial charge in [0.15, 0.2) is 0 Å². The fourth-order valence-corrected chi connectivity index (χ4v) is 4.62. The average Bonchev–Trinajstić information content (AvgIpc) is 2.35. The molecule has 1 N–H and O–H groups in total. The van der Waals surface area contributed by atoms with Crippen LogP contribution in [0.3, 0.4) is 0 Å². The maximum Gasteiger partial charge on any atom is 0.0605 e. The van der Waals surface area contributed by atoms with Crippen LogP contribution in [0.1, 0.15) is 12.8 Å². The number of rotatable bonds is 0. The molecular formula is C9H12O. The third-order valence-electron chi connectivity index (χ3n) is 4.76. The molecule has 0 radical (unpaired) electrons. The fraction of sp³-hybridized carbons (Fsp3) is 1.00. The number of aliphatic hydroxyl groups is 1. The Morgan fingerprint density at radius 1 is 0.900 bits per heavy atom. The van der Waals surface area contributed by atoms with Crippen molar-refractivity contribution in [2.75, 3.05) is 0 Å². The molecule has 0 saturated heterocycles. The van der Waals surface area contributed by atoms with Crippen molar-refractivity contribution in [3.63, 3.8) is 0 Å². The number of hydrogen-bond donors (Lipinski definition) is 1. The van der Waals surface area contributed by atoms with Crippen molar-refractivity contribution in [2.24, 2.45) is 35.5 Å². The molecule has 3 unspecified atom stereocenters. The predicted octanol–water partition coefficient (Wildman–Crippen LogP) is 0.879. The van der Waals surface area contributed by atoms with Gasteiger partial charge in [-0.15, -0.1) is 0 Å². The van der Waals surface area contributed by atoms with Crippen LogP contribution in [0.15, 0.2) is 0 Å². The molecule has 1 nitrogen and oxygen atoms in total. The zero-order chi connectivity index (χ0) is 6.46. The zero-order valence-corrected chi connectivity index (χ0v) is 5.90. The van der Waals surface area contributed by atoms with Gasteiger partial charge in [-0.25, -0.2) is 0 Å². The molecule has 7 atom stereocenters. The highest BCUT2D eigenvalue weighted by Crippen LogP contribution is 2.78. The summed E-state index contributed by atoms with van der Waals surface area (Å²) in [5.74, 6) is 5.61. The Balaban J connectivity index is 1.94. The van der Waals surface area contributed by atoms with Crippen LogP contribution in [0.5, 0.6) is 0 Å². The highest BCUT2D eigenvalue weighted by atomic mass is 16.3. The summed E-state index contributed by atoms with van der Waals surface area (Å²) in [6.45, 7) is 0. The smallest absolute Gasteiger partial charge is 0.0605 e. The Bertz CT molecular complexity index is 192. The van der Waals surface area contributed by atoms with E-state index in [2.05, 4.69) is 0 Å². The van der Waals surface area contributed by atoms with Gasteiger partial charge in [-0.05, 0) is 48.3 Å². The molecule has 2 bridgehead atoms. The number of aliphatic hydroxyl groups excluding tert-OH is 1. The van der Waals surface area contributed by atoms with Gasteiger partial charge in [0.05, 0.1) is 6.10 Å². The van der Waals surface area contributed by atoms with Gasteiger partial charge in [0, 0.05) is 0 Å². The van der Waals surface area contributed by atoms with Crippen molar-refractivity contribution < 1.29 is 5.11 Å². The van der Waals surface area contributed by atoms with Gasteiger partial charge < -0.3 is 5.11 Å². The van der Waals surface area contributed by atoms with Gasteiger partial charge in [0.25, 0.3) is 0 Å². The lowest BCUT2D eigenvalue weighted by Crippen LogP contribution is -2.26. The topological polar surface area (TPSA) is 20.2 Å². The number of fused-ring (bicyclic) bond motifs is 3. The van der Waals surface area contributed by atoms with E-state index in [0.29, 0.717) is 0 Å². The molecule has 10 heavy (non-hydrogen) atoms. The standard InChI is InChI=1S/C9H12O/c10-9-5-2-3-1-4(5)7-6(3)8(7)9/h3-10H,1-2H2/t3-,4+,5-,6?,7?,8+,9?/m0/s1. The third-order valence-corrected chi connectivity index (χ3v) is 4.76. The second-order valence-corrected chi connectivity index (χ2v) is 4.78. The molecular weight excluding hydrogens is 124 g/mol. The first-order valence-electron chi connectivity index (χ1n) is 4.56. The molecule has 0 aliphatic heterocycles. The van der Waals surface area contributed by atoms with E-state index in [9.17, 15) is 5.11 Å². The van der Waals surface area contributed by atoms with E-state index in [1.165, 1.54) is 12.8 Å².